The van der Waals surface area contributed by atoms with Crippen molar-refractivity contribution in [3.05, 3.63) is 34.9 Å². The Bertz CT molecular complexity index is 426. The number of benzene rings is 1. The van der Waals surface area contributed by atoms with Crippen LogP contribution in [0.4, 0.5) is 0 Å². The lowest BCUT2D eigenvalue weighted by molar-refractivity contribution is 0.0734. The Labute approximate surface area is 108 Å². The molecule has 0 saturated carbocycles. The molecule has 1 unspecified atom stereocenters. The minimum atomic E-state index is -0.0106. The van der Waals surface area contributed by atoms with E-state index in [1.54, 1.807) is 0 Å². The minimum absolute atomic E-state index is 0.0106. The second-order valence-electron chi connectivity index (χ2n) is 4.75. The van der Waals surface area contributed by atoms with Crippen LogP contribution in [0.15, 0.2) is 18.2 Å². The number of hydrogen-bond acceptors (Lipinski definition) is 3. The van der Waals surface area contributed by atoms with Crippen LogP contribution in [0, 0.1) is 13.8 Å². The first-order valence-corrected chi connectivity index (χ1v) is 6.33. The van der Waals surface area contributed by atoms with Crippen molar-refractivity contribution in [1.29, 1.82) is 0 Å². The molecule has 0 bridgehead atoms. The molecule has 1 heterocycles. The molecule has 2 N–H and O–H groups in total. The Morgan fingerprint density at radius 3 is 3.06 bits per heavy atom. The van der Waals surface area contributed by atoms with Gasteiger partial charge in [-0.25, -0.2) is 0 Å². The number of hydrogen-bond donors (Lipinski definition) is 2. The highest BCUT2D eigenvalue weighted by atomic mass is 16.5. The molecule has 4 nitrogen and oxygen atoms in total. The Balaban J connectivity index is 1.92. The zero-order valence-electron chi connectivity index (χ0n) is 11.0. The van der Waals surface area contributed by atoms with Crippen LogP contribution in [0.5, 0.6) is 0 Å². The molecule has 4 heteroatoms. The van der Waals surface area contributed by atoms with Gasteiger partial charge in [-0.1, -0.05) is 17.7 Å². The van der Waals surface area contributed by atoms with Gasteiger partial charge in [0.25, 0.3) is 5.91 Å². The van der Waals surface area contributed by atoms with Crippen molar-refractivity contribution in [1.82, 2.24) is 10.6 Å². The summed E-state index contributed by atoms with van der Waals surface area (Å²) >= 11 is 0. The van der Waals surface area contributed by atoms with Crippen molar-refractivity contribution >= 4 is 5.91 Å². The normalized spacial score (nSPS) is 19.6. The molecule has 1 fully saturated rings. The van der Waals surface area contributed by atoms with Crippen LogP contribution >= 0.6 is 0 Å². The monoisotopic (exact) mass is 248 g/mol. The van der Waals surface area contributed by atoms with E-state index in [9.17, 15) is 4.79 Å². The van der Waals surface area contributed by atoms with Crippen molar-refractivity contribution in [2.75, 3.05) is 26.3 Å². The maximum atomic E-state index is 12.1. The van der Waals surface area contributed by atoms with Crippen LogP contribution in [-0.4, -0.2) is 38.3 Å². The predicted octanol–water partition coefficient (Wildman–Crippen LogP) is 1.02. The first-order chi connectivity index (χ1) is 8.66. The number of rotatable bonds is 3. The number of carbonyl (C=O) groups is 1. The molecule has 1 amide bonds. The SMILES string of the molecule is Cc1ccc(C)c(C(=O)NCC2COCCN2)c1. The lowest BCUT2D eigenvalue weighted by atomic mass is 10.1. The van der Waals surface area contributed by atoms with Crippen molar-refractivity contribution in [3.8, 4) is 0 Å². The largest absolute Gasteiger partial charge is 0.378 e. The van der Waals surface area contributed by atoms with Gasteiger partial charge in [0.1, 0.15) is 0 Å². The molecular weight excluding hydrogens is 228 g/mol. The second kappa shape index (κ2) is 5.98. The van der Waals surface area contributed by atoms with E-state index in [4.69, 9.17) is 4.74 Å². The fourth-order valence-corrected chi connectivity index (χ4v) is 2.04. The van der Waals surface area contributed by atoms with E-state index in [2.05, 4.69) is 10.6 Å². The van der Waals surface area contributed by atoms with E-state index < -0.39 is 0 Å². The molecule has 0 spiro atoms. The van der Waals surface area contributed by atoms with Gasteiger partial charge in [0, 0.05) is 24.7 Å². The number of morpholine rings is 1. The van der Waals surface area contributed by atoms with E-state index in [1.807, 2.05) is 32.0 Å². The number of ether oxygens (including phenoxy) is 1. The van der Waals surface area contributed by atoms with Gasteiger partial charge in [-0.2, -0.15) is 0 Å². The van der Waals surface area contributed by atoms with Crippen LogP contribution in [0.2, 0.25) is 0 Å². The van der Waals surface area contributed by atoms with Gasteiger partial charge < -0.3 is 15.4 Å². The van der Waals surface area contributed by atoms with Crippen molar-refractivity contribution in [2.24, 2.45) is 0 Å². The van der Waals surface area contributed by atoms with Crippen LogP contribution in [-0.2, 0) is 4.74 Å². The maximum absolute atomic E-state index is 12.1. The molecule has 1 aromatic rings. The summed E-state index contributed by atoms with van der Waals surface area (Å²) < 4.78 is 5.35. The molecule has 1 aliphatic rings. The van der Waals surface area contributed by atoms with Gasteiger partial charge in [-0.15, -0.1) is 0 Å². The van der Waals surface area contributed by atoms with Crippen LogP contribution in [0.3, 0.4) is 0 Å². The molecule has 0 aromatic heterocycles. The van der Waals surface area contributed by atoms with E-state index in [1.165, 1.54) is 0 Å². The van der Waals surface area contributed by atoms with E-state index in [-0.39, 0.29) is 11.9 Å². The summed E-state index contributed by atoms with van der Waals surface area (Å²) in [5.74, 6) is -0.0106. The highest BCUT2D eigenvalue weighted by molar-refractivity contribution is 5.95. The Morgan fingerprint density at radius 1 is 1.50 bits per heavy atom. The predicted molar refractivity (Wildman–Crippen MR) is 70.9 cm³/mol. The molecule has 1 aromatic carbocycles. The lowest BCUT2D eigenvalue weighted by Gasteiger charge is -2.24. The summed E-state index contributed by atoms with van der Waals surface area (Å²) in [5.41, 5.74) is 2.86. The van der Waals surface area contributed by atoms with E-state index in [0.717, 1.165) is 29.8 Å². The van der Waals surface area contributed by atoms with E-state index >= 15 is 0 Å². The third kappa shape index (κ3) is 3.31. The Morgan fingerprint density at radius 2 is 2.33 bits per heavy atom. The number of aryl methyl sites for hydroxylation is 2. The molecule has 18 heavy (non-hydrogen) atoms. The molecule has 98 valence electrons. The highest BCUT2D eigenvalue weighted by Crippen LogP contribution is 2.10. The second-order valence-corrected chi connectivity index (χ2v) is 4.75. The zero-order valence-corrected chi connectivity index (χ0v) is 11.0. The first kappa shape index (κ1) is 13.1. The molecule has 0 radical (unpaired) electrons. The summed E-state index contributed by atoms with van der Waals surface area (Å²) in [7, 11) is 0. The van der Waals surface area contributed by atoms with Gasteiger partial charge >= 0.3 is 0 Å². The van der Waals surface area contributed by atoms with Gasteiger partial charge in [-0.05, 0) is 25.5 Å². The van der Waals surface area contributed by atoms with Crippen molar-refractivity contribution < 1.29 is 9.53 Å². The zero-order chi connectivity index (χ0) is 13.0. The summed E-state index contributed by atoms with van der Waals surface area (Å²) in [6.45, 7) is 6.81. The first-order valence-electron chi connectivity index (χ1n) is 6.33. The summed E-state index contributed by atoms with van der Waals surface area (Å²) in [6, 6.07) is 6.14. The fourth-order valence-electron chi connectivity index (χ4n) is 2.04. The smallest absolute Gasteiger partial charge is 0.251 e. The Kier molecular flexibility index (Phi) is 4.33. The maximum Gasteiger partial charge on any atom is 0.251 e. The quantitative estimate of drug-likeness (QED) is 0.839. The third-order valence-electron chi connectivity index (χ3n) is 3.15. The van der Waals surface area contributed by atoms with Crippen molar-refractivity contribution in [3.63, 3.8) is 0 Å². The van der Waals surface area contributed by atoms with Crippen LogP contribution < -0.4 is 10.6 Å². The molecule has 1 aliphatic heterocycles. The minimum Gasteiger partial charge on any atom is -0.378 e. The number of amides is 1. The molecule has 1 saturated heterocycles. The van der Waals surface area contributed by atoms with Crippen molar-refractivity contribution in [2.45, 2.75) is 19.9 Å². The lowest BCUT2D eigenvalue weighted by Crippen LogP contribution is -2.48. The Hall–Kier alpha value is -1.39. The van der Waals surface area contributed by atoms with Gasteiger partial charge in [-0.3, -0.25) is 4.79 Å². The number of nitrogens with one attached hydrogen (secondary N) is 2. The van der Waals surface area contributed by atoms with Crippen LogP contribution in [0.25, 0.3) is 0 Å². The fraction of sp³-hybridized carbons (Fsp3) is 0.500. The van der Waals surface area contributed by atoms with Gasteiger partial charge in [0.05, 0.1) is 13.2 Å². The molecule has 1 atom stereocenters. The highest BCUT2D eigenvalue weighted by Gasteiger charge is 2.15. The summed E-state index contributed by atoms with van der Waals surface area (Å²) in [6.07, 6.45) is 0. The molecule has 2 rings (SSSR count). The summed E-state index contributed by atoms with van der Waals surface area (Å²) in [5, 5.41) is 6.27. The number of carbonyl (C=O) groups excluding carboxylic acids is 1. The van der Waals surface area contributed by atoms with Crippen LogP contribution in [0.1, 0.15) is 21.5 Å². The molecule has 0 aliphatic carbocycles. The average Bonchev–Trinajstić information content (AvgIpc) is 2.40. The molecular formula is C14H20N2O2. The van der Waals surface area contributed by atoms with Gasteiger partial charge in [0.2, 0.25) is 0 Å². The van der Waals surface area contributed by atoms with E-state index in [0.29, 0.717) is 13.2 Å². The standard InChI is InChI=1S/C14H20N2O2/c1-10-3-4-11(2)13(7-10)14(17)16-8-12-9-18-6-5-15-12/h3-4,7,12,15H,5-6,8-9H2,1-2H3,(H,16,17). The topological polar surface area (TPSA) is 50.4 Å². The average molecular weight is 248 g/mol. The van der Waals surface area contributed by atoms with Gasteiger partial charge in [0.15, 0.2) is 0 Å². The third-order valence-corrected chi connectivity index (χ3v) is 3.15. The summed E-state index contributed by atoms with van der Waals surface area (Å²) in [4.78, 5) is 12.1.